The quantitative estimate of drug-likeness (QED) is 0.773. The zero-order valence-electron chi connectivity index (χ0n) is 14.1. The summed E-state index contributed by atoms with van der Waals surface area (Å²) in [5, 5.41) is 0.818. The van der Waals surface area contributed by atoms with Crippen LogP contribution in [-0.4, -0.2) is 49.4 Å². The van der Waals surface area contributed by atoms with Gasteiger partial charge in [0.15, 0.2) is 15.0 Å². The van der Waals surface area contributed by atoms with E-state index in [4.69, 9.17) is 16.3 Å². The van der Waals surface area contributed by atoms with Crippen molar-refractivity contribution in [2.24, 2.45) is 10.9 Å². The molecule has 2 heterocycles. The molecule has 25 heavy (non-hydrogen) atoms. The third-order valence-corrected chi connectivity index (χ3v) is 7.68. The van der Waals surface area contributed by atoms with Crippen LogP contribution in [0.1, 0.15) is 13.8 Å². The number of sulfone groups is 1. The largest absolute Gasteiger partial charge is 0.495 e. The summed E-state index contributed by atoms with van der Waals surface area (Å²) in [7, 11) is -1.57. The van der Waals surface area contributed by atoms with Crippen LogP contribution in [-0.2, 0) is 14.6 Å². The van der Waals surface area contributed by atoms with Crippen LogP contribution in [0.15, 0.2) is 23.2 Å². The molecule has 1 amide bonds. The Morgan fingerprint density at radius 1 is 1.40 bits per heavy atom. The molecule has 3 rings (SSSR count). The van der Waals surface area contributed by atoms with Crippen LogP contribution in [0.4, 0.5) is 5.69 Å². The standard InChI is InChI=1S/C16H19ClN2O4S2/c1-9(2)15(20)18-16-19(10-4-5-13(23-3)11(17)6-10)12-7-25(21,22)8-14(12)24-16/h4-6,9,12,14H,7-8H2,1-3H3/t12-,14-/m0/s1. The van der Waals surface area contributed by atoms with Gasteiger partial charge >= 0.3 is 0 Å². The van der Waals surface area contributed by atoms with Crippen LogP contribution in [0.3, 0.4) is 0 Å². The van der Waals surface area contributed by atoms with Crippen molar-refractivity contribution in [1.29, 1.82) is 0 Å². The van der Waals surface area contributed by atoms with Crippen molar-refractivity contribution in [1.82, 2.24) is 0 Å². The average molecular weight is 403 g/mol. The molecular formula is C16H19ClN2O4S2. The lowest BCUT2D eigenvalue weighted by molar-refractivity contribution is -0.120. The molecule has 0 unspecified atom stereocenters. The Labute approximate surface area is 156 Å². The van der Waals surface area contributed by atoms with Crippen molar-refractivity contribution in [2.45, 2.75) is 25.1 Å². The summed E-state index contributed by atoms with van der Waals surface area (Å²) in [5.74, 6) is 0.221. The molecule has 1 aromatic rings. The third kappa shape index (κ3) is 3.66. The van der Waals surface area contributed by atoms with Crippen LogP contribution in [0.5, 0.6) is 5.75 Å². The molecule has 0 saturated carbocycles. The predicted octanol–water partition coefficient (Wildman–Crippen LogP) is 2.61. The van der Waals surface area contributed by atoms with Gasteiger partial charge in [0.2, 0.25) is 0 Å². The molecule has 9 heteroatoms. The Morgan fingerprint density at radius 2 is 2.12 bits per heavy atom. The fraction of sp³-hybridized carbons (Fsp3) is 0.500. The maximum Gasteiger partial charge on any atom is 0.250 e. The fourth-order valence-electron chi connectivity index (χ4n) is 2.89. The number of halogens is 1. The number of carbonyl (C=O) groups excluding carboxylic acids is 1. The molecule has 2 fully saturated rings. The van der Waals surface area contributed by atoms with E-state index in [-0.39, 0.29) is 34.6 Å². The Kier molecular flexibility index (Phi) is 5.05. The molecule has 1 aromatic carbocycles. The van der Waals surface area contributed by atoms with Crippen LogP contribution in [0.25, 0.3) is 0 Å². The van der Waals surface area contributed by atoms with Crippen molar-refractivity contribution in [3.63, 3.8) is 0 Å². The van der Waals surface area contributed by atoms with Gasteiger partial charge in [-0.3, -0.25) is 4.79 Å². The van der Waals surface area contributed by atoms with E-state index in [9.17, 15) is 13.2 Å². The highest BCUT2D eigenvalue weighted by molar-refractivity contribution is 8.16. The number of amidine groups is 1. The first-order chi connectivity index (χ1) is 11.7. The summed E-state index contributed by atoms with van der Waals surface area (Å²) in [4.78, 5) is 18.2. The van der Waals surface area contributed by atoms with Crippen molar-refractivity contribution in [3.05, 3.63) is 23.2 Å². The molecule has 136 valence electrons. The number of benzene rings is 1. The summed E-state index contributed by atoms with van der Waals surface area (Å²) in [6.07, 6.45) is 0. The van der Waals surface area contributed by atoms with E-state index in [0.29, 0.717) is 21.6 Å². The second-order valence-corrected chi connectivity index (χ2v) is 10.1. The Bertz CT molecular complexity index is 839. The summed E-state index contributed by atoms with van der Waals surface area (Å²) in [5.41, 5.74) is 0.707. The van der Waals surface area contributed by atoms with E-state index in [1.165, 1.54) is 18.9 Å². The maximum absolute atomic E-state index is 12.1. The lowest BCUT2D eigenvalue weighted by Gasteiger charge is -2.25. The Hall–Kier alpha value is -1.25. The SMILES string of the molecule is COc1ccc(N2C(=NC(=O)C(C)C)S[C@H]3CS(=O)(=O)C[C@@H]32)cc1Cl. The molecule has 6 nitrogen and oxygen atoms in total. The van der Waals surface area contributed by atoms with Gasteiger partial charge < -0.3 is 9.64 Å². The molecule has 0 N–H and O–H groups in total. The first-order valence-electron chi connectivity index (χ1n) is 7.84. The highest BCUT2D eigenvalue weighted by atomic mass is 35.5. The Balaban J connectivity index is 2.03. The molecule has 2 aliphatic heterocycles. The van der Waals surface area contributed by atoms with E-state index < -0.39 is 9.84 Å². The van der Waals surface area contributed by atoms with Crippen LogP contribution in [0, 0.1) is 5.92 Å². The zero-order chi connectivity index (χ0) is 18.4. The smallest absolute Gasteiger partial charge is 0.250 e. The van der Waals surface area contributed by atoms with Gasteiger partial charge in [0.1, 0.15) is 5.75 Å². The molecule has 2 saturated heterocycles. The fourth-order valence-corrected chi connectivity index (χ4v) is 7.07. The molecule has 2 aliphatic rings. The second-order valence-electron chi connectivity index (χ2n) is 6.38. The molecule has 0 radical (unpaired) electrons. The van der Waals surface area contributed by atoms with Gasteiger partial charge in [-0.2, -0.15) is 4.99 Å². The van der Waals surface area contributed by atoms with Gasteiger partial charge in [-0.05, 0) is 18.2 Å². The molecule has 0 bridgehead atoms. The van der Waals surface area contributed by atoms with Crippen LogP contribution < -0.4 is 9.64 Å². The third-order valence-electron chi connectivity index (χ3n) is 4.18. The van der Waals surface area contributed by atoms with E-state index in [2.05, 4.69) is 4.99 Å². The number of amides is 1. The van der Waals surface area contributed by atoms with Crippen molar-refractivity contribution >= 4 is 50.0 Å². The van der Waals surface area contributed by atoms with Gasteiger partial charge in [-0.1, -0.05) is 37.2 Å². The predicted molar refractivity (Wildman–Crippen MR) is 102 cm³/mol. The maximum atomic E-state index is 12.1. The van der Waals surface area contributed by atoms with Crippen molar-refractivity contribution in [2.75, 3.05) is 23.5 Å². The number of hydrogen-bond acceptors (Lipinski definition) is 5. The number of aliphatic imine (C=N–C) groups is 1. The van der Waals surface area contributed by atoms with Crippen molar-refractivity contribution in [3.8, 4) is 5.75 Å². The van der Waals surface area contributed by atoms with Gasteiger partial charge in [0.05, 0.1) is 29.7 Å². The lowest BCUT2D eigenvalue weighted by atomic mass is 10.2. The number of thioether (sulfide) groups is 1. The highest BCUT2D eigenvalue weighted by Gasteiger charge is 2.49. The minimum Gasteiger partial charge on any atom is -0.495 e. The molecule has 2 atom stereocenters. The topological polar surface area (TPSA) is 76.0 Å². The second kappa shape index (κ2) is 6.81. The number of hydrogen-bond donors (Lipinski definition) is 0. The van der Waals surface area contributed by atoms with E-state index in [0.717, 1.165) is 0 Å². The normalized spacial score (nSPS) is 26.3. The number of fused-ring (bicyclic) bond motifs is 1. The number of anilines is 1. The van der Waals surface area contributed by atoms with Gasteiger partial charge in [0, 0.05) is 16.9 Å². The highest BCUT2D eigenvalue weighted by Crippen LogP contribution is 2.42. The molecule has 0 aliphatic carbocycles. The van der Waals surface area contributed by atoms with Crippen molar-refractivity contribution < 1.29 is 17.9 Å². The summed E-state index contributed by atoms with van der Waals surface area (Å²) in [6, 6.07) is 4.98. The number of ether oxygens (including phenoxy) is 1. The average Bonchev–Trinajstić information content (AvgIpc) is 2.97. The van der Waals surface area contributed by atoms with Gasteiger partial charge in [-0.15, -0.1) is 0 Å². The number of methoxy groups -OCH3 is 1. The lowest BCUT2D eigenvalue weighted by Crippen LogP contribution is -2.37. The monoisotopic (exact) mass is 402 g/mol. The zero-order valence-corrected chi connectivity index (χ0v) is 16.5. The minimum absolute atomic E-state index is 0.0448. The number of carbonyl (C=O) groups is 1. The van der Waals surface area contributed by atoms with E-state index >= 15 is 0 Å². The van der Waals surface area contributed by atoms with E-state index in [1.807, 2.05) is 4.90 Å². The molecule has 0 aromatic heterocycles. The molecule has 0 spiro atoms. The van der Waals surface area contributed by atoms with Crippen LogP contribution >= 0.6 is 23.4 Å². The minimum atomic E-state index is -3.10. The number of rotatable bonds is 3. The summed E-state index contributed by atoms with van der Waals surface area (Å²) in [6.45, 7) is 3.57. The summed E-state index contributed by atoms with van der Waals surface area (Å²) < 4.78 is 29.2. The van der Waals surface area contributed by atoms with Crippen LogP contribution in [0.2, 0.25) is 5.02 Å². The Morgan fingerprint density at radius 3 is 2.72 bits per heavy atom. The summed E-state index contributed by atoms with van der Waals surface area (Å²) >= 11 is 7.58. The van der Waals surface area contributed by atoms with Gasteiger partial charge in [-0.25, -0.2) is 8.42 Å². The first-order valence-corrected chi connectivity index (χ1v) is 10.9. The van der Waals surface area contributed by atoms with E-state index in [1.54, 1.807) is 32.0 Å². The molecular weight excluding hydrogens is 384 g/mol. The van der Waals surface area contributed by atoms with Gasteiger partial charge in [0.25, 0.3) is 5.91 Å². The number of nitrogens with zero attached hydrogens (tertiary/aromatic N) is 2. The first kappa shape index (κ1) is 18.5.